The van der Waals surface area contributed by atoms with E-state index in [0.29, 0.717) is 6.54 Å². The van der Waals surface area contributed by atoms with Gasteiger partial charge >= 0.3 is 0 Å². The molecule has 0 bridgehead atoms. The Kier molecular flexibility index (Phi) is 3.62. The number of para-hydroxylation sites is 1. The summed E-state index contributed by atoms with van der Waals surface area (Å²) in [5.41, 5.74) is 9.27. The van der Waals surface area contributed by atoms with Crippen LogP contribution >= 0.6 is 11.3 Å². The molecule has 0 saturated heterocycles. The molecule has 3 N–H and O–H groups in total. The number of fused-ring (bicyclic) bond motifs is 1. The van der Waals surface area contributed by atoms with Crippen LogP contribution in [-0.2, 0) is 17.8 Å². The van der Waals surface area contributed by atoms with Gasteiger partial charge in [0.2, 0.25) is 5.91 Å². The highest BCUT2D eigenvalue weighted by Crippen LogP contribution is 2.20. The maximum absolute atomic E-state index is 11.1. The first kappa shape index (κ1) is 13.6. The molecule has 0 spiro atoms. The quantitative estimate of drug-likeness (QED) is 0.759. The fraction of sp³-hybridized carbons (Fsp3) is 0.200. The molecule has 1 aromatic carbocycles. The van der Waals surface area contributed by atoms with Crippen LogP contribution in [0.4, 0.5) is 5.69 Å². The molecule has 0 aliphatic rings. The second-order valence-corrected chi connectivity index (χ2v) is 5.73. The number of anilines is 1. The fourth-order valence-corrected chi connectivity index (χ4v) is 3.15. The number of hydrogen-bond acceptors (Lipinski definition) is 4. The molecule has 1 amide bonds. The number of aryl methyl sites for hydroxylation is 1. The van der Waals surface area contributed by atoms with Crippen LogP contribution in [0.1, 0.15) is 17.0 Å². The van der Waals surface area contributed by atoms with Gasteiger partial charge in [0.15, 0.2) is 4.96 Å². The number of imidazole rings is 1. The molecule has 21 heavy (non-hydrogen) atoms. The molecule has 0 atom stereocenters. The number of nitrogens with one attached hydrogen (secondary N) is 1. The zero-order valence-electron chi connectivity index (χ0n) is 11.7. The van der Waals surface area contributed by atoms with E-state index < -0.39 is 0 Å². The van der Waals surface area contributed by atoms with E-state index in [9.17, 15) is 4.79 Å². The molecule has 0 radical (unpaired) electrons. The van der Waals surface area contributed by atoms with E-state index in [1.165, 1.54) is 0 Å². The average molecular weight is 300 g/mol. The molecule has 6 heteroatoms. The third kappa shape index (κ3) is 2.75. The number of nitrogens with zero attached hydrogens (tertiary/aromatic N) is 2. The second kappa shape index (κ2) is 5.57. The van der Waals surface area contributed by atoms with E-state index >= 15 is 0 Å². The number of carbonyl (C=O) groups is 1. The van der Waals surface area contributed by atoms with Crippen LogP contribution in [0.15, 0.2) is 35.8 Å². The lowest BCUT2D eigenvalue weighted by atomic mass is 10.1. The first-order valence-corrected chi connectivity index (χ1v) is 7.54. The van der Waals surface area contributed by atoms with E-state index in [1.807, 2.05) is 42.8 Å². The lowest BCUT2D eigenvalue weighted by Gasteiger charge is -2.11. The van der Waals surface area contributed by atoms with Crippen molar-refractivity contribution in [3.8, 4) is 0 Å². The SMILES string of the molecule is Cc1nc2sccn2c1CNc1ccccc1CC(N)=O. The molecule has 2 aromatic heterocycles. The Morgan fingerprint density at radius 3 is 3.05 bits per heavy atom. The highest BCUT2D eigenvalue weighted by Gasteiger charge is 2.10. The fourth-order valence-electron chi connectivity index (χ4n) is 2.37. The van der Waals surface area contributed by atoms with Gasteiger partial charge < -0.3 is 11.1 Å². The minimum atomic E-state index is -0.329. The van der Waals surface area contributed by atoms with Gasteiger partial charge in [0.25, 0.3) is 0 Å². The normalized spacial score (nSPS) is 10.9. The zero-order chi connectivity index (χ0) is 14.8. The van der Waals surface area contributed by atoms with Gasteiger partial charge in [-0.05, 0) is 18.6 Å². The number of amides is 1. The summed E-state index contributed by atoms with van der Waals surface area (Å²) in [6.45, 7) is 2.66. The van der Waals surface area contributed by atoms with Crippen LogP contribution in [0.3, 0.4) is 0 Å². The Morgan fingerprint density at radius 1 is 1.43 bits per heavy atom. The molecular formula is C15H16N4OS. The van der Waals surface area contributed by atoms with E-state index in [1.54, 1.807) is 11.3 Å². The van der Waals surface area contributed by atoms with Gasteiger partial charge in [-0.2, -0.15) is 0 Å². The van der Waals surface area contributed by atoms with Crippen molar-refractivity contribution in [2.45, 2.75) is 19.9 Å². The van der Waals surface area contributed by atoms with Crippen molar-refractivity contribution in [3.05, 3.63) is 52.8 Å². The van der Waals surface area contributed by atoms with Crippen LogP contribution in [-0.4, -0.2) is 15.3 Å². The third-order valence-electron chi connectivity index (χ3n) is 3.39. The molecule has 0 unspecified atom stereocenters. The summed E-state index contributed by atoms with van der Waals surface area (Å²) in [6.07, 6.45) is 2.26. The van der Waals surface area contributed by atoms with Gasteiger partial charge in [0.1, 0.15) is 0 Å². The van der Waals surface area contributed by atoms with E-state index in [4.69, 9.17) is 5.73 Å². The smallest absolute Gasteiger partial charge is 0.221 e. The van der Waals surface area contributed by atoms with E-state index in [-0.39, 0.29) is 12.3 Å². The van der Waals surface area contributed by atoms with Gasteiger partial charge in [0.05, 0.1) is 24.4 Å². The summed E-state index contributed by atoms with van der Waals surface area (Å²) in [6, 6.07) is 7.72. The molecule has 2 heterocycles. The van der Waals surface area contributed by atoms with Crippen molar-refractivity contribution >= 4 is 27.9 Å². The van der Waals surface area contributed by atoms with Crippen LogP contribution in [0, 0.1) is 6.92 Å². The molecule has 0 saturated carbocycles. The van der Waals surface area contributed by atoms with Gasteiger partial charge in [0, 0.05) is 17.3 Å². The lowest BCUT2D eigenvalue weighted by Crippen LogP contribution is -2.15. The average Bonchev–Trinajstić information content (AvgIpc) is 2.98. The van der Waals surface area contributed by atoms with Crippen LogP contribution < -0.4 is 11.1 Å². The highest BCUT2D eigenvalue weighted by atomic mass is 32.1. The number of carbonyl (C=O) groups excluding carboxylic acids is 1. The van der Waals surface area contributed by atoms with Gasteiger partial charge in [-0.1, -0.05) is 18.2 Å². The standard InChI is InChI=1S/C15H16N4OS/c1-10-13(19-6-7-21-15(19)18-10)9-17-12-5-3-2-4-11(12)8-14(16)20/h2-7,17H,8-9H2,1H3,(H2,16,20). The molecule has 5 nitrogen and oxygen atoms in total. The van der Waals surface area contributed by atoms with Crippen LogP contribution in [0.25, 0.3) is 4.96 Å². The molecule has 108 valence electrons. The van der Waals surface area contributed by atoms with Crippen molar-refractivity contribution in [1.29, 1.82) is 0 Å². The predicted molar refractivity (Wildman–Crippen MR) is 84.5 cm³/mol. The number of nitrogens with two attached hydrogens (primary N) is 1. The van der Waals surface area contributed by atoms with Crippen molar-refractivity contribution in [1.82, 2.24) is 9.38 Å². The lowest BCUT2D eigenvalue weighted by molar-refractivity contribution is -0.117. The predicted octanol–water partition coefficient (Wildman–Crippen LogP) is 2.34. The summed E-state index contributed by atoms with van der Waals surface area (Å²) in [7, 11) is 0. The van der Waals surface area contributed by atoms with Crippen LogP contribution in [0.5, 0.6) is 0 Å². The Labute approximate surface area is 126 Å². The molecule has 3 rings (SSSR count). The molecule has 0 fully saturated rings. The minimum Gasteiger partial charge on any atom is -0.379 e. The summed E-state index contributed by atoms with van der Waals surface area (Å²) >= 11 is 1.62. The topological polar surface area (TPSA) is 72.4 Å². The summed E-state index contributed by atoms with van der Waals surface area (Å²) in [4.78, 5) is 16.6. The molecule has 0 aliphatic heterocycles. The van der Waals surface area contributed by atoms with Gasteiger partial charge in [-0.3, -0.25) is 9.20 Å². The zero-order valence-corrected chi connectivity index (χ0v) is 12.5. The second-order valence-electron chi connectivity index (χ2n) is 4.85. The Bertz CT molecular complexity index is 790. The van der Waals surface area contributed by atoms with Gasteiger partial charge in [-0.25, -0.2) is 4.98 Å². The number of rotatable bonds is 5. The Hall–Kier alpha value is -2.34. The van der Waals surface area contributed by atoms with Crippen molar-refractivity contribution in [3.63, 3.8) is 0 Å². The van der Waals surface area contributed by atoms with Gasteiger partial charge in [-0.15, -0.1) is 11.3 Å². The largest absolute Gasteiger partial charge is 0.379 e. The van der Waals surface area contributed by atoms with Crippen molar-refractivity contribution in [2.24, 2.45) is 5.73 Å². The molecule has 3 aromatic rings. The van der Waals surface area contributed by atoms with Crippen molar-refractivity contribution in [2.75, 3.05) is 5.32 Å². The Balaban J connectivity index is 1.83. The number of aromatic nitrogens is 2. The highest BCUT2D eigenvalue weighted by molar-refractivity contribution is 7.15. The van der Waals surface area contributed by atoms with E-state index in [0.717, 1.165) is 27.6 Å². The Morgan fingerprint density at radius 2 is 2.24 bits per heavy atom. The first-order valence-electron chi connectivity index (χ1n) is 6.66. The summed E-state index contributed by atoms with van der Waals surface area (Å²) < 4.78 is 2.09. The third-order valence-corrected chi connectivity index (χ3v) is 4.15. The van der Waals surface area contributed by atoms with E-state index in [2.05, 4.69) is 14.7 Å². The molecule has 0 aliphatic carbocycles. The molecular weight excluding hydrogens is 284 g/mol. The summed E-state index contributed by atoms with van der Waals surface area (Å²) in [5.74, 6) is -0.329. The maximum atomic E-state index is 11.1. The number of primary amides is 1. The van der Waals surface area contributed by atoms with Crippen molar-refractivity contribution < 1.29 is 4.79 Å². The number of hydrogen-bond donors (Lipinski definition) is 2. The summed E-state index contributed by atoms with van der Waals surface area (Å²) in [5, 5.41) is 5.40. The number of thiazole rings is 1. The number of benzene rings is 1. The van der Waals surface area contributed by atoms with Crippen LogP contribution in [0.2, 0.25) is 0 Å². The minimum absolute atomic E-state index is 0.239. The maximum Gasteiger partial charge on any atom is 0.221 e. The monoisotopic (exact) mass is 300 g/mol. The first-order chi connectivity index (χ1) is 10.1.